The first-order valence-corrected chi connectivity index (χ1v) is 4.73. The summed E-state index contributed by atoms with van der Waals surface area (Å²) >= 11 is 0. The smallest absolute Gasteiger partial charge is 0.224 e. The Morgan fingerprint density at radius 3 is 2.92 bits per heavy atom. The molecule has 4 heteroatoms. The van der Waals surface area contributed by atoms with E-state index in [1.165, 1.54) is 0 Å². The Kier molecular flexibility index (Phi) is 4.18. The lowest BCUT2D eigenvalue weighted by Crippen LogP contribution is -2.36. The lowest BCUT2D eigenvalue weighted by atomic mass is 9.97. The first kappa shape index (κ1) is 10.5. The molecule has 2 atom stereocenters. The summed E-state index contributed by atoms with van der Waals surface area (Å²) in [6.07, 6.45) is 0. The molecule has 0 bridgehead atoms. The monoisotopic (exact) mass is 186 g/mol. The number of carbonyl (C=O) groups is 1. The molecular weight excluding hydrogens is 168 g/mol. The molecule has 0 aromatic carbocycles. The van der Waals surface area contributed by atoms with Crippen LogP contribution in [-0.2, 0) is 9.53 Å². The van der Waals surface area contributed by atoms with Gasteiger partial charge in [0, 0.05) is 20.2 Å². The molecule has 1 heterocycles. The van der Waals surface area contributed by atoms with Gasteiger partial charge in [-0.3, -0.25) is 4.79 Å². The molecule has 1 fully saturated rings. The van der Waals surface area contributed by atoms with Crippen LogP contribution in [-0.4, -0.2) is 39.3 Å². The summed E-state index contributed by atoms with van der Waals surface area (Å²) in [5.41, 5.74) is 0. The van der Waals surface area contributed by atoms with Crippen LogP contribution in [0.15, 0.2) is 0 Å². The van der Waals surface area contributed by atoms with Crippen molar-refractivity contribution >= 4 is 5.91 Å². The lowest BCUT2D eigenvalue weighted by Gasteiger charge is -2.13. The number of ether oxygens (including phenoxy) is 1. The highest BCUT2D eigenvalue weighted by Gasteiger charge is 2.28. The molecular formula is C9H18N2O2. The first-order valence-electron chi connectivity index (χ1n) is 4.73. The Morgan fingerprint density at radius 2 is 2.38 bits per heavy atom. The van der Waals surface area contributed by atoms with Crippen LogP contribution >= 0.6 is 0 Å². The summed E-state index contributed by atoms with van der Waals surface area (Å²) in [6, 6.07) is 0. The number of hydrogen-bond donors (Lipinski definition) is 2. The Bertz CT molecular complexity index is 173. The predicted octanol–water partition coefficient (Wildman–Crippen LogP) is -0.395. The van der Waals surface area contributed by atoms with Gasteiger partial charge in [-0.15, -0.1) is 0 Å². The van der Waals surface area contributed by atoms with Crippen molar-refractivity contribution in [3.8, 4) is 0 Å². The van der Waals surface area contributed by atoms with Crippen molar-refractivity contribution in [1.29, 1.82) is 0 Å². The highest BCUT2D eigenvalue weighted by Crippen LogP contribution is 2.15. The van der Waals surface area contributed by atoms with Crippen LogP contribution in [0.5, 0.6) is 0 Å². The van der Waals surface area contributed by atoms with Gasteiger partial charge in [0.2, 0.25) is 5.91 Å². The highest BCUT2D eigenvalue weighted by molar-refractivity contribution is 5.79. The van der Waals surface area contributed by atoms with E-state index >= 15 is 0 Å². The molecule has 0 saturated carbocycles. The first-order chi connectivity index (χ1) is 6.25. The van der Waals surface area contributed by atoms with E-state index < -0.39 is 0 Å². The molecule has 0 aliphatic carbocycles. The van der Waals surface area contributed by atoms with Crippen molar-refractivity contribution < 1.29 is 9.53 Å². The average Bonchev–Trinajstić information content (AvgIpc) is 2.52. The second-order valence-corrected chi connectivity index (χ2v) is 3.53. The molecule has 2 N–H and O–H groups in total. The molecule has 13 heavy (non-hydrogen) atoms. The minimum atomic E-state index is 0.136. The van der Waals surface area contributed by atoms with Crippen LogP contribution in [0.1, 0.15) is 6.92 Å². The van der Waals surface area contributed by atoms with E-state index in [-0.39, 0.29) is 11.8 Å². The van der Waals surface area contributed by atoms with Gasteiger partial charge in [-0.05, 0) is 12.5 Å². The summed E-state index contributed by atoms with van der Waals surface area (Å²) in [5, 5.41) is 6.05. The Balaban J connectivity index is 2.22. The minimum absolute atomic E-state index is 0.136. The largest absolute Gasteiger partial charge is 0.383 e. The number of amides is 1. The molecule has 1 rings (SSSR count). The van der Waals surface area contributed by atoms with Gasteiger partial charge in [-0.1, -0.05) is 6.92 Å². The molecule has 76 valence electrons. The number of rotatable bonds is 4. The normalized spacial score (nSPS) is 27.5. The van der Waals surface area contributed by atoms with E-state index in [2.05, 4.69) is 17.6 Å². The molecule has 1 aliphatic heterocycles. The van der Waals surface area contributed by atoms with Crippen LogP contribution in [0.2, 0.25) is 0 Å². The minimum Gasteiger partial charge on any atom is -0.383 e. The number of methoxy groups -OCH3 is 1. The molecule has 0 spiro atoms. The SMILES string of the molecule is COCCNC(=O)[C@@H]1CNC[C@H]1C. The maximum Gasteiger partial charge on any atom is 0.224 e. The third-order valence-electron chi connectivity index (χ3n) is 2.46. The van der Waals surface area contributed by atoms with Crippen molar-refractivity contribution in [1.82, 2.24) is 10.6 Å². The van der Waals surface area contributed by atoms with E-state index in [4.69, 9.17) is 4.74 Å². The molecule has 0 unspecified atom stereocenters. The zero-order valence-electron chi connectivity index (χ0n) is 8.30. The Labute approximate surface area is 79.0 Å². The van der Waals surface area contributed by atoms with Crippen molar-refractivity contribution in [2.24, 2.45) is 11.8 Å². The van der Waals surface area contributed by atoms with Gasteiger partial charge in [0.25, 0.3) is 0 Å². The summed E-state index contributed by atoms with van der Waals surface area (Å²) in [7, 11) is 1.63. The van der Waals surface area contributed by atoms with Crippen LogP contribution in [0.4, 0.5) is 0 Å². The maximum atomic E-state index is 11.5. The van der Waals surface area contributed by atoms with Crippen LogP contribution in [0, 0.1) is 11.8 Å². The van der Waals surface area contributed by atoms with Crippen LogP contribution in [0.25, 0.3) is 0 Å². The van der Waals surface area contributed by atoms with Crippen molar-refractivity contribution in [3.05, 3.63) is 0 Å². The Morgan fingerprint density at radius 1 is 1.62 bits per heavy atom. The third kappa shape index (κ3) is 2.97. The molecule has 0 aromatic rings. The number of hydrogen-bond acceptors (Lipinski definition) is 3. The summed E-state index contributed by atoms with van der Waals surface area (Å²) in [4.78, 5) is 11.5. The predicted molar refractivity (Wildman–Crippen MR) is 50.4 cm³/mol. The molecule has 4 nitrogen and oxygen atoms in total. The van der Waals surface area contributed by atoms with Crippen LogP contribution in [0.3, 0.4) is 0 Å². The zero-order valence-corrected chi connectivity index (χ0v) is 8.30. The van der Waals surface area contributed by atoms with Crippen molar-refractivity contribution in [2.45, 2.75) is 6.92 Å². The maximum absolute atomic E-state index is 11.5. The summed E-state index contributed by atoms with van der Waals surface area (Å²) < 4.78 is 4.85. The topological polar surface area (TPSA) is 50.4 Å². The zero-order chi connectivity index (χ0) is 9.68. The quantitative estimate of drug-likeness (QED) is 0.588. The average molecular weight is 186 g/mol. The van der Waals surface area contributed by atoms with E-state index in [0.717, 1.165) is 13.1 Å². The lowest BCUT2D eigenvalue weighted by molar-refractivity contribution is -0.125. The van der Waals surface area contributed by atoms with Gasteiger partial charge in [-0.2, -0.15) is 0 Å². The van der Waals surface area contributed by atoms with Gasteiger partial charge in [0.05, 0.1) is 12.5 Å². The molecule has 1 saturated heterocycles. The number of nitrogens with one attached hydrogen (secondary N) is 2. The van der Waals surface area contributed by atoms with Gasteiger partial charge >= 0.3 is 0 Å². The molecule has 0 aromatic heterocycles. The van der Waals surface area contributed by atoms with Gasteiger partial charge in [-0.25, -0.2) is 0 Å². The summed E-state index contributed by atoms with van der Waals surface area (Å²) in [5.74, 6) is 0.731. The van der Waals surface area contributed by atoms with Gasteiger partial charge in [0.1, 0.15) is 0 Å². The van der Waals surface area contributed by atoms with E-state index in [0.29, 0.717) is 19.1 Å². The fourth-order valence-electron chi connectivity index (χ4n) is 1.57. The van der Waals surface area contributed by atoms with Gasteiger partial charge < -0.3 is 15.4 Å². The molecule has 0 radical (unpaired) electrons. The van der Waals surface area contributed by atoms with Gasteiger partial charge in [0.15, 0.2) is 0 Å². The second kappa shape index (κ2) is 5.19. The highest BCUT2D eigenvalue weighted by atomic mass is 16.5. The van der Waals surface area contributed by atoms with E-state index in [1.807, 2.05) is 0 Å². The van der Waals surface area contributed by atoms with E-state index in [9.17, 15) is 4.79 Å². The van der Waals surface area contributed by atoms with Crippen LogP contribution < -0.4 is 10.6 Å². The second-order valence-electron chi connectivity index (χ2n) is 3.53. The third-order valence-corrected chi connectivity index (χ3v) is 2.46. The number of carbonyl (C=O) groups excluding carboxylic acids is 1. The standard InChI is InChI=1S/C9H18N2O2/c1-7-5-10-6-8(7)9(12)11-3-4-13-2/h7-8,10H,3-6H2,1-2H3,(H,11,12)/t7-,8-/m1/s1. The van der Waals surface area contributed by atoms with E-state index in [1.54, 1.807) is 7.11 Å². The fraction of sp³-hybridized carbons (Fsp3) is 0.889. The summed E-state index contributed by atoms with van der Waals surface area (Å²) in [6.45, 7) is 5.04. The Hall–Kier alpha value is -0.610. The van der Waals surface area contributed by atoms with Crippen molar-refractivity contribution in [3.63, 3.8) is 0 Å². The molecule has 1 amide bonds. The van der Waals surface area contributed by atoms with Crippen molar-refractivity contribution in [2.75, 3.05) is 33.4 Å². The molecule has 1 aliphatic rings. The fourth-order valence-corrected chi connectivity index (χ4v) is 1.57.